The number of hydrogen-bond donors (Lipinski definition) is 2. The van der Waals surface area contributed by atoms with E-state index < -0.39 is 11.6 Å². The molecule has 1 atom stereocenters. The number of carbonyl (C=O) groups is 3. The second kappa shape index (κ2) is 7.71. The number of benzene rings is 1. The van der Waals surface area contributed by atoms with Crippen LogP contribution in [-0.2, 0) is 9.59 Å². The molecule has 1 aromatic carbocycles. The first-order valence-electron chi connectivity index (χ1n) is 9.83. The van der Waals surface area contributed by atoms with Crippen LogP contribution < -0.4 is 10.6 Å². The summed E-state index contributed by atoms with van der Waals surface area (Å²) >= 11 is 0. The predicted octanol–water partition coefficient (Wildman–Crippen LogP) is 3.13. The SMILES string of the molecule is Cc1ccc(C(C)NC(=O)CN2C(=O)NC3(CCCCCC3)C2=O)cc1C. The third kappa shape index (κ3) is 3.99. The molecule has 1 unspecified atom stereocenters. The van der Waals surface area contributed by atoms with Crippen LogP contribution >= 0.6 is 0 Å². The van der Waals surface area contributed by atoms with Gasteiger partial charge in [0, 0.05) is 0 Å². The minimum absolute atomic E-state index is 0.190. The van der Waals surface area contributed by atoms with Crippen molar-refractivity contribution < 1.29 is 14.4 Å². The van der Waals surface area contributed by atoms with E-state index >= 15 is 0 Å². The van der Waals surface area contributed by atoms with Crippen LogP contribution in [0.4, 0.5) is 4.79 Å². The van der Waals surface area contributed by atoms with Crippen LogP contribution in [-0.4, -0.2) is 34.8 Å². The van der Waals surface area contributed by atoms with Gasteiger partial charge >= 0.3 is 6.03 Å². The van der Waals surface area contributed by atoms with Crippen LogP contribution in [0.2, 0.25) is 0 Å². The van der Waals surface area contributed by atoms with Gasteiger partial charge in [0.15, 0.2) is 0 Å². The number of hydrogen-bond acceptors (Lipinski definition) is 3. The Balaban J connectivity index is 1.64. The predicted molar refractivity (Wildman–Crippen MR) is 103 cm³/mol. The molecule has 6 heteroatoms. The summed E-state index contributed by atoms with van der Waals surface area (Å²) < 4.78 is 0. The van der Waals surface area contributed by atoms with Crippen LogP contribution in [0.3, 0.4) is 0 Å². The van der Waals surface area contributed by atoms with Gasteiger partial charge in [-0.05, 0) is 50.3 Å². The molecule has 1 aromatic rings. The molecule has 2 fully saturated rings. The van der Waals surface area contributed by atoms with Crippen molar-refractivity contribution in [3.63, 3.8) is 0 Å². The van der Waals surface area contributed by atoms with Gasteiger partial charge in [0.25, 0.3) is 5.91 Å². The Morgan fingerprint density at radius 1 is 1.15 bits per heavy atom. The average Bonchev–Trinajstić information content (AvgIpc) is 2.79. The third-order valence-electron chi connectivity index (χ3n) is 5.91. The molecule has 2 N–H and O–H groups in total. The molecule has 146 valence electrons. The van der Waals surface area contributed by atoms with Crippen molar-refractivity contribution in [1.29, 1.82) is 0 Å². The van der Waals surface area contributed by atoms with E-state index in [1.807, 2.05) is 32.9 Å². The second-order valence-corrected chi connectivity index (χ2v) is 7.95. The van der Waals surface area contributed by atoms with E-state index in [1.165, 1.54) is 5.56 Å². The molecule has 3 rings (SSSR count). The smallest absolute Gasteiger partial charge is 0.325 e. The second-order valence-electron chi connectivity index (χ2n) is 7.95. The van der Waals surface area contributed by atoms with E-state index in [0.29, 0.717) is 12.8 Å². The number of nitrogens with one attached hydrogen (secondary N) is 2. The topological polar surface area (TPSA) is 78.5 Å². The Labute approximate surface area is 160 Å². The molecule has 1 aliphatic heterocycles. The maximum Gasteiger partial charge on any atom is 0.325 e. The van der Waals surface area contributed by atoms with Gasteiger partial charge in [-0.15, -0.1) is 0 Å². The Hall–Kier alpha value is -2.37. The van der Waals surface area contributed by atoms with Crippen LogP contribution in [0.5, 0.6) is 0 Å². The summed E-state index contributed by atoms with van der Waals surface area (Å²) in [6, 6.07) is 5.43. The summed E-state index contributed by atoms with van der Waals surface area (Å²) in [5.41, 5.74) is 2.57. The van der Waals surface area contributed by atoms with Crippen molar-refractivity contribution in [2.24, 2.45) is 0 Å². The Morgan fingerprint density at radius 2 is 1.81 bits per heavy atom. The van der Waals surface area contributed by atoms with E-state index in [2.05, 4.69) is 16.7 Å². The molecule has 1 heterocycles. The summed E-state index contributed by atoms with van der Waals surface area (Å²) in [6.07, 6.45) is 5.34. The summed E-state index contributed by atoms with van der Waals surface area (Å²) in [5, 5.41) is 5.77. The van der Waals surface area contributed by atoms with Gasteiger partial charge in [-0.1, -0.05) is 43.9 Å². The molecule has 6 nitrogen and oxygen atoms in total. The molecular formula is C21H29N3O3. The average molecular weight is 371 g/mol. The Kier molecular flexibility index (Phi) is 5.53. The zero-order chi connectivity index (χ0) is 19.6. The lowest BCUT2D eigenvalue weighted by Gasteiger charge is -2.24. The molecule has 1 aliphatic carbocycles. The highest BCUT2D eigenvalue weighted by atomic mass is 16.2. The largest absolute Gasteiger partial charge is 0.348 e. The lowest BCUT2D eigenvalue weighted by molar-refractivity contribution is -0.135. The highest BCUT2D eigenvalue weighted by molar-refractivity contribution is 6.09. The molecule has 0 bridgehead atoms. The van der Waals surface area contributed by atoms with Crippen molar-refractivity contribution in [2.45, 2.75) is 70.9 Å². The molecule has 27 heavy (non-hydrogen) atoms. The Morgan fingerprint density at radius 3 is 2.44 bits per heavy atom. The van der Waals surface area contributed by atoms with Crippen molar-refractivity contribution in [3.05, 3.63) is 34.9 Å². The highest BCUT2D eigenvalue weighted by Crippen LogP contribution is 2.32. The number of nitrogens with zero attached hydrogens (tertiary/aromatic N) is 1. The molecule has 1 saturated heterocycles. The fourth-order valence-electron chi connectivity index (χ4n) is 4.04. The number of urea groups is 1. The number of rotatable bonds is 4. The lowest BCUT2D eigenvalue weighted by atomic mass is 9.90. The summed E-state index contributed by atoms with van der Waals surface area (Å²) in [5.74, 6) is -0.571. The maximum atomic E-state index is 12.9. The van der Waals surface area contributed by atoms with E-state index in [9.17, 15) is 14.4 Å². The first-order chi connectivity index (χ1) is 12.8. The number of imide groups is 1. The zero-order valence-corrected chi connectivity index (χ0v) is 16.4. The van der Waals surface area contributed by atoms with E-state index in [-0.39, 0.29) is 24.4 Å². The van der Waals surface area contributed by atoms with E-state index in [0.717, 1.165) is 41.7 Å². The van der Waals surface area contributed by atoms with Crippen molar-refractivity contribution in [3.8, 4) is 0 Å². The van der Waals surface area contributed by atoms with Gasteiger partial charge in [-0.3, -0.25) is 14.5 Å². The fourth-order valence-corrected chi connectivity index (χ4v) is 4.04. The van der Waals surface area contributed by atoms with Gasteiger partial charge in [0.05, 0.1) is 6.04 Å². The number of aryl methyl sites for hydroxylation is 2. The van der Waals surface area contributed by atoms with Crippen LogP contribution in [0.1, 0.15) is 68.2 Å². The molecule has 4 amide bonds. The first-order valence-corrected chi connectivity index (χ1v) is 9.83. The zero-order valence-electron chi connectivity index (χ0n) is 16.4. The number of carbonyl (C=O) groups excluding carboxylic acids is 3. The summed E-state index contributed by atoms with van der Waals surface area (Å²) in [6.45, 7) is 5.75. The van der Waals surface area contributed by atoms with E-state index in [4.69, 9.17) is 0 Å². The van der Waals surface area contributed by atoms with Gasteiger partial charge in [0.2, 0.25) is 5.91 Å². The molecule has 2 aliphatic rings. The molecular weight excluding hydrogens is 342 g/mol. The fraction of sp³-hybridized carbons (Fsp3) is 0.571. The first kappa shape index (κ1) is 19.4. The van der Waals surface area contributed by atoms with Gasteiger partial charge in [-0.2, -0.15) is 0 Å². The normalized spacial score (nSPS) is 20.3. The minimum atomic E-state index is -0.798. The van der Waals surface area contributed by atoms with Crippen molar-refractivity contribution in [2.75, 3.05) is 6.54 Å². The van der Waals surface area contributed by atoms with Crippen molar-refractivity contribution >= 4 is 17.8 Å². The standard InChI is InChI=1S/C21H29N3O3/c1-14-8-9-17(12-15(14)2)16(3)22-18(25)13-24-19(26)21(23-20(24)27)10-6-4-5-7-11-21/h8-9,12,16H,4-7,10-11,13H2,1-3H3,(H,22,25)(H,23,27). The van der Waals surface area contributed by atoms with Gasteiger partial charge < -0.3 is 10.6 Å². The monoisotopic (exact) mass is 371 g/mol. The molecule has 1 saturated carbocycles. The van der Waals surface area contributed by atoms with Crippen molar-refractivity contribution in [1.82, 2.24) is 15.5 Å². The minimum Gasteiger partial charge on any atom is -0.348 e. The summed E-state index contributed by atoms with van der Waals surface area (Å²) in [4.78, 5) is 38.8. The van der Waals surface area contributed by atoms with Crippen LogP contribution in [0.25, 0.3) is 0 Å². The third-order valence-corrected chi connectivity index (χ3v) is 5.91. The lowest BCUT2D eigenvalue weighted by Crippen LogP contribution is -2.47. The van der Waals surface area contributed by atoms with E-state index in [1.54, 1.807) is 0 Å². The van der Waals surface area contributed by atoms with Gasteiger partial charge in [0.1, 0.15) is 12.1 Å². The summed E-state index contributed by atoms with van der Waals surface area (Å²) in [7, 11) is 0. The van der Waals surface area contributed by atoms with Crippen LogP contribution in [0.15, 0.2) is 18.2 Å². The van der Waals surface area contributed by atoms with Crippen LogP contribution in [0, 0.1) is 13.8 Å². The maximum absolute atomic E-state index is 12.9. The highest BCUT2D eigenvalue weighted by Gasteiger charge is 2.51. The number of amides is 4. The Bertz CT molecular complexity index is 751. The molecule has 0 radical (unpaired) electrons. The van der Waals surface area contributed by atoms with Gasteiger partial charge in [-0.25, -0.2) is 4.79 Å². The molecule has 1 spiro atoms. The quantitative estimate of drug-likeness (QED) is 0.798. The molecule has 0 aromatic heterocycles.